The van der Waals surface area contributed by atoms with Crippen LogP contribution < -0.4 is 14.4 Å². The highest BCUT2D eigenvalue weighted by molar-refractivity contribution is 5.50. The normalized spacial score (nSPS) is 16.6. The van der Waals surface area contributed by atoms with E-state index in [2.05, 4.69) is 28.8 Å². The quantitative estimate of drug-likeness (QED) is 0.239. The molecule has 1 fully saturated rings. The van der Waals surface area contributed by atoms with Crippen molar-refractivity contribution in [3.63, 3.8) is 0 Å². The molecule has 10 heteroatoms. The maximum absolute atomic E-state index is 12.9. The van der Waals surface area contributed by atoms with Gasteiger partial charge in [-0.25, -0.2) is 0 Å². The number of hydrogen-bond acceptors (Lipinski definition) is 3. The molecule has 0 saturated carbocycles. The fraction of sp³-hybridized carbons (Fsp3) is 0.414. The third kappa shape index (κ3) is 7.44. The van der Waals surface area contributed by atoms with Gasteiger partial charge in [-0.1, -0.05) is 0 Å². The SMILES string of the molecule is CN(CC(F)(F)F)c1ccc(C(c2ccc(N(C)CC(F)(F)F)cc2)[n+]2cccc([C@@H]3CCCN3C)c2)cc1. The second kappa shape index (κ2) is 11.5. The highest BCUT2D eigenvalue weighted by Gasteiger charge is 2.32. The second-order valence-electron chi connectivity index (χ2n) is 10.3. The van der Waals surface area contributed by atoms with Crippen LogP contribution in [-0.4, -0.2) is 58.0 Å². The molecule has 0 unspecified atom stereocenters. The minimum Gasteiger partial charge on any atom is -0.366 e. The van der Waals surface area contributed by atoms with Crippen molar-refractivity contribution in [2.24, 2.45) is 0 Å². The van der Waals surface area contributed by atoms with Gasteiger partial charge in [-0.05, 0) is 81.0 Å². The molecule has 2 heterocycles. The monoisotopic (exact) mass is 551 g/mol. The molecular formula is C29H33F6N4+. The lowest BCUT2D eigenvalue weighted by molar-refractivity contribution is -0.705. The van der Waals surface area contributed by atoms with Gasteiger partial charge in [-0.3, -0.25) is 4.90 Å². The molecule has 3 aromatic rings. The average molecular weight is 552 g/mol. The Labute approximate surface area is 225 Å². The van der Waals surface area contributed by atoms with Gasteiger partial charge in [0.1, 0.15) is 13.1 Å². The molecule has 0 N–H and O–H groups in total. The lowest BCUT2D eigenvalue weighted by Crippen LogP contribution is -2.41. The molecule has 0 bridgehead atoms. The van der Waals surface area contributed by atoms with E-state index in [1.54, 1.807) is 48.5 Å². The van der Waals surface area contributed by atoms with Crippen molar-refractivity contribution < 1.29 is 30.9 Å². The largest absolute Gasteiger partial charge is 0.405 e. The zero-order valence-electron chi connectivity index (χ0n) is 22.2. The third-order valence-electron chi connectivity index (χ3n) is 7.18. The molecule has 2 aromatic carbocycles. The second-order valence-corrected chi connectivity index (χ2v) is 10.3. The number of nitrogens with zero attached hydrogens (tertiary/aromatic N) is 4. The number of rotatable bonds is 8. The van der Waals surface area contributed by atoms with Crippen molar-refractivity contribution in [1.29, 1.82) is 0 Å². The first-order valence-electron chi connectivity index (χ1n) is 12.8. The summed E-state index contributed by atoms with van der Waals surface area (Å²) in [6.07, 6.45) is -2.45. The van der Waals surface area contributed by atoms with Gasteiger partial charge in [0.25, 0.3) is 0 Å². The van der Waals surface area contributed by atoms with E-state index >= 15 is 0 Å². The summed E-state index contributed by atoms with van der Waals surface area (Å²) in [6.45, 7) is -1.11. The highest BCUT2D eigenvalue weighted by Crippen LogP contribution is 2.31. The topological polar surface area (TPSA) is 13.6 Å². The van der Waals surface area contributed by atoms with Crippen molar-refractivity contribution in [2.45, 2.75) is 37.3 Å². The van der Waals surface area contributed by atoms with Gasteiger partial charge < -0.3 is 9.80 Å². The van der Waals surface area contributed by atoms with E-state index in [9.17, 15) is 26.3 Å². The third-order valence-corrected chi connectivity index (χ3v) is 7.18. The van der Waals surface area contributed by atoms with E-state index in [-0.39, 0.29) is 12.1 Å². The van der Waals surface area contributed by atoms with Crippen molar-refractivity contribution >= 4 is 11.4 Å². The van der Waals surface area contributed by atoms with E-state index < -0.39 is 25.4 Å². The Morgan fingerprint density at radius 1 is 0.821 bits per heavy atom. The Morgan fingerprint density at radius 2 is 1.31 bits per heavy atom. The molecular weight excluding hydrogens is 518 g/mol. The molecule has 4 rings (SSSR count). The predicted molar refractivity (Wildman–Crippen MR) is 140 cm³/mol. The summed E-state index contributed by atoms with van der Waals surface area (Å²) in [6, 6.07) is 17.9. The molecule has 1 aromatic heterocycles. The Kier molecular flexibility index (Phi) is 8.44. The first kappa shape index (κ1) is 28.7. The van der Waals surface area contributed by atoms with E-state index in [0.717, 1.165) is 45.9 Å². The zero-order chi connectivity index (χ0) is 28.4. The molecule has 1 aliphatic heterocycles. The van der Waals surface area contributed by atoms with Crippen LogP contribution in [0.5, 0.6) is 0 Å². The summed E-state index contributed by atoms with van der Waals surface area (Å²) in [5.41, 5.74) is 3.72. The van der Waals surface area contributed by atoms with Crippen molar-refractivity contribution in [3.8, 4) is 0 Å². The van der Waals surface area contributed by atoms with Gasteiger partial charge in [-0.2, -0.15) is 30.9 Å². The Bertz CT molecular complexity index is 1160. The molecule has 0 spiro atoms. The van der Waals surface area contributed by atoms with Crippen molar-refractivity contribution in [2.75, 3.05) is 50.6 Å². The average Bonchev–Trinajstić information content (AvgIpc) is 3.29. The summed E-state index contributed by atoms with van der Waals surface area (Å²) >= 11 is 0. The number of pyridine rings is 1. The maximum Gasteiger partial charge on any atom is 0.405 e. The number of likely N-dealkylation sites (tertiary alicyclic amines) is 1. The summed E-state index contributed by atoms with van der Waals surface area (Å²) in [5, 5.41) is 0. The van der Waals surface area contributed by atoms with E-state index in [1.165, 1.54) is 14.1 Å². The van der Waals surface area contributed by atoms with Crippen molar-refractivity contribution in [3.05, 3.63) is 89.7 Å². The van der Waals surface area contributed by atoms with Crippen molar-refractivity contribution in [1.82, 2.24) is 4.90 Å². The first-order chi connectivity index (χ1) is 18.3. The van der Waals surface area contributed by atoms with E-state index in [1.807, 2.05) is 12.3 Å². The Hall–Kier alpha value is -3.27. The minimum absolute atomic E-state index is 0.287. The molecule has 0 radical (unpaired) electrons. The van der Waals surface area contributed by atoms with Crippen LogP contribution in [0.25, 0.3) is 0 Å². The lowest BCUT2D eigenvalue weighted by Gasteiger charge is -2.23. The zero-order valence-corrected chi connectivity index (χ0v) is 22.2. The van der Waals surface area contributed by atoms with Gasteiger partial charge in [-0.15, -0.1) is 0 Å². The minimum atomic E-state index is -4.32. The van der Waals surface area contributed by atoms with Crippen LogP contribution in [0.15, 0.2) is 73.1 Å². The predicted octanol–water partition coefficient (Wildman–Crippen LogP) is 6.38. The van der Waals surface area contributed by atoms with E-state index in [4.69, 9.17) is 0 Å². The smallest absolute Gasteiger partial charge is 0.366 e. The summed E-state index contributed by atoms with van der Waals surface area (Å²) in [4.78, 5) is 4.60. The number of hydrogen-bond donors (Lipinski definition) is 0. The van der Waals surface area contributed by atoms with E-state index in [0.29, 0.717) is 11.4 Å². The first-order valence-corrected chi connectivity index (χ1v) is 12.8. The highest BCUT2D eigenvalue weighted by atomic mass is 19.4. The summed E-state index contributed by atoms with van der Waals surface area (Å²) in [7, 11) is 4.89. The van der Waals surface area contributed by atoms with Gasteiger partial charge in [0.15, 0.2) is 12.4 Å². The Balaban J connectivity index is 1.70. The molecule has 0 amide bonds. The molecule has 4 nitrogen and oxygen atoms in total. The standard InChI is InChI=1S/C29H33F6N4/c1-36-16-5-7-26(36)23-6-4-17-39(18-23)27(21-8-12-24(13-9-21)37(2)19-28(30,31)32)22-10-14-25(15-11-22)38(3)20-29(33,34)35/h4,6,8-15,17-18,26-27H,5,7,16,19-20H2,1-3H3/q+1/t26-/m0/s1. The van der Waals surface area contributed by atoms with Gasteiger partial charge >= 0.3 is 12.4 Å². The summed E-state index contributed by atoms with van der Waals surface area (Å²) < 4.78 is 79.5. The van der Waals surface area contributed by atoms with Crippen LogP contribution in [0.1, 0.15) is 41.6 Å². The fourth-order valence-electron chi connectivity index (χ4n) is 5.28. The number of halogens is 6. The Morgan fingerprint density at radius 3 is 1.72 bits per heavy atom. The van der Waals surface area contributed by atoms with Crippen LogP contribution in [0.4, 0.5) is 37.7 Å². The van der Waals surface area contributed by atoms with Gasteiger partial charge in [0.05, 0.1) is 0 Å². The van der Waals surface area contributed by atoms with Crippen LogP contribution >= 0.6 is 0 Å². The molecule has 210 valence electrons. The number of aromatic nitrogens is 1. The summed E-state index contributed by atoms with van der Waals surface area (Å²) in [5.74, 6) is 0. The fourth-order valence-corrected chi connectivity index (χ4v) is 5.28. The number of anilines is 2. The lowest BCUT2D eigenvalue weighted by atomic mass is 9.96. The van der Waals surface area contributed by atoms with Crippen LogP contribution in [0.3, 0.4) is 0 Å². The molecule has 1 saturated heterocycles. The molecule has 1 aliphatic rings. The van der Waals surface area contributed by atoms with Crippen LogP contribution in [0, 0.1) is 0 Å². The molecule has 0 aliphatic carbocycles. The van der Waals surface area contributed by atoms with Gasteiger partial charge in [0, 0.05) is 54.3 Å². The van der Waals surface area contributed by atoms with Gasteiger partial charge in [0.2, 0.25) is 6.04 Å². The number of alkyl halides is 6. The molecule has 39 heavy (non-hydrogen) atoms. The maximum atomic E-state index is 12.9. The van der Waals surface area contributed by atoms with Crippen LogP contribution in [0.2, 0.25) is 0 Å². The number of benzene rings is 2. The molecule has 1 atom stereocenters. The van der Waals surface area contributed by atoms with Crippen LogP contribution in [-0.2, 0) is 0 Å².